The minimum absolute atomic E-state index is 0.0400. The summed E-state index contributed by atoms with van der Waals surface area (Å²) >= 11 is 0. The van der Waals surface area contributed by atoms with Crippen molar-refractivity contribution in [1.29, 1.82) is 0 Å². The van der Waals surface area contributed by atoms with E-state index in [1.165, 1.54) is 113 Å². The minimum Gasteiger partial charge on any atom is -0.311 e. The second-order valence-corrected chi connectivity index (χ2v) is 17.9. The summed E-state index contributed by atoms with van der Waals surface area (Å²) in [5.74, 6) is 0.697. The standard InChI is InChI=1S/C60H55N3/c1-6-18-45(19-7-1)46-28-34-52(35-29-46)61(49-20-8-2-9-21-49)53-36-30-47(31-37-53)60(42-16-5-17-43-60)48-32-38-54(39-33-48)62(50-22-10-3-11-23-50)55-40-41-57-56-26-14-15-27-58(56)63(59(57)44-55)51-24-12-4-13-25-51/h2-4,8-15,20-41,44-45H,1,5-7,16-19,42-43H2. The summed E-state index contributed by atoms with van der Waals surface area (Å²) in [5.41, 5.74) is 14.9. The maximum Gasteiger partial charge on any atom is 0.0561 e. The van der Waals surface area contributed by atoms with Crippen LogP contribution in [0.15, 0.2) is 206 Å². The fourth-order valence-electron chi connectivity index (χ4n) is 11.1. The molecule has 1 heterocycles. The van der Waals surface area contributed by atoms with E-state index in [1.54, 1.807) is 0 Å². The van der Waals surface area contributed by atoms with Gasteiger partial charge in [-0.15, -0.1) is 0 Å². The number of hydrogen-bond donors (Lipinski definition) is 0. The topological polar surface area (TPSA) is 11.4 Å². The van der Waals surface area contributed by atoms with Crippen LogP contribution < -0.4 is 9.80 Å². The van der Waals surface area contributed by atoms with E-state index in [2.05, 4.69) is 221 Å². The van der Waals surface area contributed by atoms with Gasteiger partial charge in [-0.2, -0.15) is 0 Å². The van der Waals surface area contributed by atoms with Crippen LogP contribution in [0.2, 0.25) is 0 Å². The molecule has 8 aromatic carbocycles. The molecule has 0 aliphatic heterocycles. The van der Waals surface area contributed by atoms with Gasteiger partial charge in [0.1, 0.15) is 0 Å². The molecule has 0 bridgehead atoms. The summed E-state index contributed by atoms with van der Waals surface area (Å²) in [6, 6.07) is 76.8. The smallest absolute Gasteiger partial charge is 0.0561 e. The number of nitrogens with zero attached hydrogens (tertiary/aromatic N) is 3. The van der Waals surface area contributed by atoms with Crippen molar-refractivity contribution >= 4 is 55.9 Å². The SMILES string of the molecule is c1ccc(N(c2ccc(C3CCCCC3)cc2)c2ccc(C3(c4ccc(N(c5ccccc5)c5ccc6c7ccccc7n(-c7ccccc7)c6c5)cc4)CCCCC3)cc2)cc1. The minimum atomic E-state index is -0.0400. The highest BCUT2D eigenvalue weighted by Crippen LogP contribution is 2.48. The van der Waals surface area contributed by atoms with E-state index in [0.717, 1.165) is 29.9 Å². The molecule has 63 heavy (non-hydrogen) atoms. The first kappa shape index (κ1) is 39.0. The molecule has 3 nitrogen and oxygen atoms in total. The van der Waals surface area contributed by atoms with Crippen LogP contribution in [0, 0.1) is 0 Å². The molecule has 0 amide bonds. The normalized spacial score (nSPS) is 15.4. The second kappa shape index (κ2) is 17.1. The van der Waals surface area contributed by atoms with Crippen molar-refractivity contribution in [2.45, 2.75) is 75.5 Å². The first-order valence-corrected chi connectivity index (χ1v) is 23.3. The summed E-state index contributed by atoms with van der Waals surface area (Å²) in [6.07, 6.45) is 12.8. The highest BCUT2D eigenvalue weighted by atomic mass is 15.1. The number of fused-ring (bicyclic) bond motifs is 3. The predicted octanol–water partition coefficient (Wildman–Crippen LogP) is 17.0. The number of rotatable bonds is 10. The molecular weight excluding hydrogens is 763 g/mol. The largest absolute Gasteiger partial charge is 0.311 e. The molecule has 310 valence electrons. The summed E-state index contributed by atoms with van der Waals surface area (Å²) in [4.78, 5) is 4.84. The molecular formula is C60H55N3. The van der Waals surface area contributed by atoms with Crippen molar-refractivity contribution in [2.24, 2.45) is 0 Å². The van der Waals surface area contributed by atoms with E-state index < -0.39 is 0 Å². The van der Waals surface area contributed by atoms with E-state index in [-0.39, 0.29) is 5.41 Å². The van der Waals surface area contributed by atoms with Crippen LogP contribution >= 0.6 is 0 Å². The third-order valence-corrected chi connectivity index (χ3v) is 14.2. The van der Waals surface area contributed by atoms with Crippen LogP contribution in [0.3, 0.4) is 0 Å². The number of aromatic nitrogens is 1. The van der Waals surface area contributed by atoms with Gasteiger partial charge in [0, 0.05) is 56.0 Å². The average molecular weight is 818 g/mol. The van der Waals surface area contributed by atoms with Gasteiger partial charge >= 0.3 is 0 Å². The Morgan fingerprint density at radius 2 is 0.810 bits per heavy atom. The molecule has 2 fully saturated rings. The molecule has 11 rings (SSSR count). The first-order valence-electron chi connectivity index (χ1n) is 23.3. The van der Waals surface area contributed by atoms with Gasteiger partial charge in [0.05, 0.1) is 11.0 Å². The quantitative estimate of drug-likeness (QED) is 0.136. The lowest BCUT2D eigenvalue weighted by Gasteiger charge is -2.39. The lowest BCUT2D eigenvalue weighted by molar-refractivity contribution is 0.346. The molecule has 0 atom stereocenters. The van der Waals surface area contributed by atoms with Gasteiger partial charge in [0.2, 0.25) is 0 Å². The third-order valence-electron chi connectivity index (χ3n) is 14.2. The highest BCUT2D eigenvalue weighted by molar-refractivity contribution is 6.10. The summed E-state index contributed by atoms with van der Waals surface area (Å²) in [7, 11) is 0. The van der Waals surface area contributed by atoms with E-state index in [0.29, 0.717) is 5.92 Å². The Morgan fingerprint density at radius 1 is 0.365 bits per heavy atom. The number of para-hydroxylation sites is 4. The Hall–Kier alpha value is -6.84. The van der Waals surface area contributed by atoms with E-state index in [1.807, 2.05) is 0 Å². The molecule has 2 aliphatic rings. The van der Waals surface area contributed by atoms with Gasteiger partial charge in [-0.3, -0.25) is 0 Å². The maximum absolute atomic E-state index is 2.43. The van der Waals surface area contributed by atoms with Gasteiger partial charge in [-0.05, 0) is 139 Å². The highest BCUT2D eigenvalue weighted by Gasteiger charge is 2.36. The Kier molecular flexibility index (Phi) is 10.6. The van der Waals surface area contributed by atoms with Crippen LogP contribution in [0.5, 0.6) is 0 Å². The molecule has 3 heteroatoms. The number of anilines is 6. The van der Waals surface area contributed by atoms with Crippen LogP contribution in [-0.4, -0.2) is 4.57 Å². The molecule has 0 radical (unpaired) electrons. The second-order valence-electron chi connectivity index (χ2n) is 17.9. The lowest BCUT2D eigenvalue weighted by atomic mass is 9.65. The lowest BCUT2D eigenvalue weighted by Crippen LogP contribution is -2.30. The molecule has 0 unspecified atom stereocenters. The average Bonchev–Trinajstić information content (AvgIpc) is 3.70. The molecule has 2 aliphatic carbocycles. The van der Waals surface area contributed by atoms with Crippen molar-refractivity contribution in [3.63, 3.8) is 0 Å². The van der Waals surface area contributed by atoms with E-state index in [9.17, 15) is 0 Å². The van der Waals surface area contributed by atoms with Gasteiger partial charge in [-0.1, -0.05) is 154 Å². The van der Waals surface area contributed by atoms with Crippen molar-refractivity contribution in [2.75, 3.05) is 9.80 Å². The van der Waals surface area contributed by atoms with Crippen LogP contribution in [0.4, 0.5) is 34.1 Å². The molecule has 9 aromatic rings. The molecule has 0 spiro atoms. The number of hydrogen-bond acceptors (Lipinski definition) is 2. The van der Waals surface area contributed by atoms with Gasteiger partial charge in [-0.25, -0.2) is 0 Å². The predicted molar refractivity (Wildman–Crippen MR) is 266 cm³/mol. The summed E-state index contributed by atoms with van der Waals surface area (Å²) in [5, 5.41) is 2.52. The maximum atomic E-state index is 2.43. The van der Waals surface area contributed by atoms with Crippen LogP contribution in [0.25, 0.3) is 27.5 Å². The monoisotopic (exact) mass is 817 g/mol. The fourth-order valence-corrected chi connectivity index (χ4v) is 11.1. The molecule has 0 N–H and O–H groups in total. The van der Waals surface area contributed by atoms with Crippen molar-refractivity contribution in [1.82, 2.24) is 4.57 Å². The Bertz CT molecular complexity index is 2920. The Morgan fingerprint density at radius 3 is 1.40 bits per heavy atom. The molecule has 0 saturated heterocycles. The van der Waals surface area contributed by atoms with Crippen molar-refractivity contribution < 1.29 is 0 Å². The van der Waals surface area contributed by atoms with Crippen molar-refractivity contribution in [3.8, 4) is 5.69 Å². The zero-order valence-electron chi connectivity index (χ0n) is 36.1. The zero-order chi connectivity index (χ0) is 42.0. The number of benzene rings is 8. The Labute approximate surface area is 372 Å². The van der Waals surface area contributed by atoms with Crippen molar-refractivity contribution in [3.05, 3.63) is 223 Å². The van der Waals surface area contributed by atoms with Gasteiger partial charge in [0.25, 0.3) is 0 Å². The summed E-state index contributed by atoms with van der Waals surface area (Å²) < 4.78 is 2.41. The molecule has 2 saturated carbocycles. The first-order chi connectivity index (χ1) is 31.2. The van der Waals surface area contributed by atoms with Gasteiger partial charge < -0.3 is 14.4 Å². The van der Waals surface area contributed by atoms with Gasteiger partial charge in [0.15, 0.2) is 0 Å². The third kappa shape index (κ3) is 7.40. The van der Waals surface area contributed by atoms with Crippen LogP contribution in [-0.2, 0) is 5.41 Å². The summed E-state index contributed by atoms with van der Waals surface area (Å²) in [6.45, 7) is 0. The molecule has 1 aromatic heterocycles. The van der Waals surface area contributed by atoms with E-state index in [4.69, 9.17) is 0 Å². The fraction of sp³-hybridized carbons (Fsp3) is 0.200. The van der Waals surface area contributed by atoms with Crippen LogP contribution in [0.1, 0.15) is 86.8 Å². The Balaban J connectivity index is 0.951. The van der Waals surface area contributed by atoms with E-state index >= 15 is 0 Å². The zero-order valence-corrected chi connectivity index (χ0v) is 36.1.